The Bertz CT molecular complexity index is 494. The van der Waals surface area contributed by atoms with Crippen LogP contribution < -0.4 is 0 Å². The number of aliphatic hydroxyl groups is 1. The summed E-state index contributed by atoms with van der Waals surface area (Å²) in [4.78, 5) is 12.9. The molecule has 1 N–H and O–H groups in total. The average molecular weight is 329 g/mol. The maximum Gasteiger partial charge on any atom is 0.145 e. The minimum absolute atomic E-state index is 0.0559. The van der Waals surface area contributed by atoms with Crippen molar-refractivity contribution in [2.45, 2.75) is 62.7 Å². The second-order valence-electron chi connectivity index (χ2n) is 7.92. The van der Waals surface area contributed by atoms with Gasteiger partial charge in [-0.3, -0.25) is 4.79 Å². The van der Waals surface area contributed by atoms with Crippen molar-refractivity contribution in [3.8, 4) is 0 Å². The largest absolute Gasteiger partial charge is 0.387 e. The molecular formula is C15H21BrO3. The van der Waals surface area contributed by atoms with Crippen molar-refractivity contribution in [1.29, 1.82) is 0 Å². The number of hydrogen-bond donors (Lipinski definition) is 1. The van der Waals surface area contributed by atoms with Gasteiger partial charge in [0, 0.05) is 21.6 Å². The lowest BCUT2D eigenvalue weighted by atomic mass is 9.59. The van der Waals surface area contributed by atoms with Crippen molar-refractivity contribution in [2.75, 3.05) is 0 Å². The van der Waals surface area contributed by atoms with Crippen LogP contribution in [0.2, 0.25) is 0 Å². The third-order valence-corrected chi connectivity index (χ3v) is 8.62. The van der Waals surface area contributed by atoms with Crippen LogP contribution in [-0.4, -0.2) is 33.0 Å². The van der Waals surface area contributed by atoms with E-state index in [2.05, 4.69) is 22.9 Å². The highest BCUT2D eigenvalue weighted by Crippen LogP contribution is 2.78. The Morgan fingerprint density at radius 1 is 1.26 bits per heavy atom. The average Bonchev–Trinajstić information content (AvgIpc) is 3.00. The second kappa shape index (κ2) is 2.97. The Hall–Kier alpha value is 0.0700. The molecule has 2 saturated carbocycles. The lowest BCUT2D eigenvalue weighted by Gasteiger charge is -2.44. The van der Waals surface area contributed by atoms with Crippen LogP contribution in [0.1, 0.15) is 40.5 Å². The van der Waals surface area contributed by atoms with Crippen LogP contribution >= 0.6 is 15.9 Å². The molecule has 2 aliphatic heterocycles. The molecule has 106 valence electrons. The van der Waals surface area contributed by atoms with E-state index in [0.717, 1.165) is 12.8 Å². The molecule has 0 amide bonds. The van der Waals surface area contributed by atoms with E-state index in [-0.39, 0.29) is 33.6 Å². The molecule has 2 aliphatic carbocycles. The standard InChI is InChI=1S/C15H21BrO3/c1-12(2)9(16)7-8(10(12)17)14(4)15(5-6-15)13(3,18)11(7)19-14/h7-9,11,18H,5-6H2,1-4H3/t7?,8?,9?,11-,13+,14+/m1/s1. The molecule has 0 aromatic carbocycles. The monoisotopic (exact) mass is 328 g/mol. The van der Waals surface area contributed by atoms with E-state index >= 15 is 0 Å². The molecule has 4 heteroatoms. The molecule has 1 spiro atoms. The summed E-state index contributed by atoms with van der Waals surface area (Å²) in [5, 5.41) is 11.0. The van der Waals surface area contributed by atoms with Crippen LogP contribution in [0, 0.1) is 22.7 Å². The number of hydrogen-bond acceptors (Lipinski definition) is 3. The molecule has 4 aliphatic rings. The molecule has 2 saturated heterocycles. The number of ether oxygens (including phenoxy) is 1. The van der Waals surface area contributed by atoms with Gasteiger partial charge >= 0.3 is 0 Å². The van der Waals surface area contributed by atoms with Gasteiger partial charge in [0.2, 0.25) is 0 Å². The van der Waals surface area contributed by atoms with Crippen LogP contribution in [0.25, 0.3) is 0 Å². The van der Waals surface area contributed by atoms with Gasteiger partial charge in [0.05, 0.1) is 23.2 Å². The molecular weight excluding hydrogens is 308 g/mol. The SMILES string of the molecule is CC1(C)C(=O)C2C(C1Br)[C@H]1O[C@]2(C)C2(CC2)[C@@]1(C)O. The highest BCUT2D eigenvalue weighted by Gasteiger charge is 2.86. The third kappa shape index (κ3) is 1.01. The topological polar surface area (TPSA) is 46.5 Å². The predicted octanol–water partition coefficient (Wildman–Crippen LogP) is 2.29. The smallest absolute Gasteiger partial charge is 0.145 e. The first-order chi connectivity index (χ1) is 8.61. The summed E-state index contributed by atoms with van der Waals surface area (Å²) in [6.07, 6.45) is 1.76. The van der Waals surface area contributed by atoms with Crippen molar-refractivity contribution < 1.29 is 14.6 Å². The second-order valence-corrected chi connectivity index (χ2v) is 8.90. The zero-order chi connectivity index (χ0) is 14.0. The lowest BCUT2D eigenvalue weighted by Crippen LogP contribution is -2.58. The highest BCUT2D eigenvalue weighted by atomic mass is 79.9. The molecule has 4 rings (SSSR count). The van der Waals surface area contributed by atoms with Crippen molar-refractivity contribution in [2.24, 2.45) is 22.7 Å². The molecule has 2 heterocycles. The van der Waals surface area contributed by atoms with Gasteiger partial charge in [0.15, 0.2) is 0 Å². The Kier molecular flexibility index (Phi) is 2.00. The predicted molar refractivity (Wildman–Crippen MR) is 74.1 cm³/mol. The first-order valence-electron chi connectivity index (χ1n) is 7.20. The number of Topliss-reactive ketones (excluding diaryl/α,β-unsaturated/α-hetero) is 1. The normalized spacial score (nSPS) is 59.8. The zero-order valence-electron chi connectivity index (χ0n) is 11.9. The fourth-order valence-corrected chi connectivity index (χ4v) is 6.33. The number of fused-ring (bicyclic) bond motifs is 6. The van der Waals surface area contributed by atoms with E-state index in [1.807, 2.05) is 20.8 Å². The van der Waals surface area contributed by atoms with E-state index in [4.69, 9.17) is 4.74 Å². The quantitative estimate of drug-likeness (QED) is 0.694. The highest BCUT2D eigenvalue weighted by molar-refractivity contribution is 9.09. The van der Waals surface area contributed by atoms with Gasteiger partial charge in [-0.05, 0) is 26.7 Å². The number of rotatable bonds is 0. The third-order valence-electron chi connectivity index (χ3n) is 6.87. The summed E-state index contributed by atoms with van der Waals surface area (Å²) in [7, 11) is 0. The van der Waals surface area contributed by atoms with Gasteiger partial charge in [0.25, 0.3) is 0 Å². The van der Waals surface area contributed by atoms with E-state index in [0.29, 0.717) is 5.78 Å². The van der Waals surface area contributed by atoms with Gasteiger partial charge in [-0.1, -0.05) is 29.8 Å². The molecule has 2 bridgehead atoms. The van der Waals surface area contributed by atoms with Crippen LogP contribution in [0.5, 0.6) is 0 Å². The van der Waals surface area contributed by atoms with E-state index in [1.54, 1.807) is 0 Å². The van der Waals surface area contributed by atoms with Gasteiger partial charge < -0.3 is 9.84 Å². The van der Waals surface area contributed by atoms with E-state index in [9.17, 15) is 9.90 Å². The molecule has 6 atom stereocenters. The molecule has 4 fully saturated rings. The first-order valence-corrected chi connectivity index (χ1v) is 8.11. The molecule has 0 radical (unpaired) electrons. The maximum atomic E-state index is 12.8. The number of carbonyl (C=O) groups is 1. The molecule has 3 nitrogen and oxygen atoms in total. The van der Waals surface area contributed by atoms with Crippen molar-refractivity contribution in [3.05, 3.63) is 0 Å². The van der Waals surface area contributed by atoms with E-state index < -0.39 is 11.2 Å². The maximum absolute atomic E-state index is 12.8. The molecule has 3 unspecified atom stereocenters. The molecule has 0 aromatic heterocycles. The van der Waals surface area contributed by atoms with E-state index in [1.165, 1.54) is 0 Å². The van der Waals surface area contributed by atoms with Crippen molar-refractivity contribution in [1.82, 2.24) is 0 Å². The fraction of sp³-hybridized carbons (Fsp3) is 0.933. The summed E-state index contributed by atoms with van der Waals surface area (Å²) in [5.74, 6) is 0.361. The minimum Gasteiger partial charge on any atom is -0.387 e. The van der Waals surface area contributed by atoms with Gasteiger partial charge in [-0.15, -0.1) is 0 Å². The Labute approximate surface area is 122 Å². The zero-order valence-corrected chi connectivity index (χ0v) is 13.5. The summed E-state index contributed by atoms with van der Waals surface area (Å²) < 4.78 is 6.25. The summed E-state index contributed by atoms with van der Waals surface area (Å²) in [6.45, 7) is 8.02. The Balaban J connectivity index is 1.90. The van der Waals surface area contributed by atoms with Crippen LogP contribution in [0.4, 0.5) is 0 Å². The van der Waals surface area contributed by atoms with Crippen LogP contribution in [-0.2, 0) is 9.53 Å². The number of carbonyl (C=O) groups excluding carboxylic acids is 1. The number of alkyl halides is 1. The van der Waals surface area contributed by atoms with Gasteiger partial charge in [-0.2, -0.15) is 0 Å². The number of ketones is 1. The minimum atomic E-state index is -0.796. The van der Waals surface area contributed by atoms with Crippen molar-refractivity contribution in [3.63, 3.8) is 0 Å². The van der Waals surface area contributed by atoms with Crippen LogP contribution in [0.15, 0.2) is 0 Å². The van der Waals surface area contributed by atoms with Crippen LogP contribution in [0.3, 0.4) is 0 Å². The summed E-state index contributed by atoms with van der Waals surface area (Å²) >= 11 is 3.73. The molecule has 0 aromatic rings. The van der Waals surface area contributed by atoms with Gasteiger partial charge in [-0.25, -0.2) is 0 Å². The fourth-order valence-electron chi connectivity index (χ4n) is 5.53. The van der Waals surface area contributed by atoms with Gasteiger partial charge in [0.1, 0.15) is 5.78 Å². The first kappa shape index (κ1) is 12.8. The Morgan fingerprint density at radius 3 is 2.37 bits per heavy atom. The summed E-state index contributed by atoms with van der Waals surface area (Å²) in [5.41, 5.74) is -1.82. The Morgan fingerprint density at radius 2 is 1.84 bits per heavy atom. The van der Waals surface area contributed by atoms with Crippen molar-refractivity contribution >= 4 is 21.7 Å². The number of halogens is 1. The lowest BCUT2D eigenvalue weighted by molar-refractivity contribution is -0.136. The molecule has 19 heavy (non-hydrogen) atoms. The summed E-state index contributed by atoms with van der Waals surface area (Å²) in [6, 6.07) is 0.